The number of rotatable bonds is 9. The Hall–Kier alpha value is -3.04. The molecule has 29 heavy (non-hydrogen) atoms. The van der Waals surface area contributed by atoms with Crippen molar-refractivity contribution in [3.05, 3.63) is 59.7 Å². The van der Waals surface area contributed by atoms with Crippen LogP contribution in [0.3, 0.4) is 0 Å². The number of nitrogens with two attached hydrogens (primary N) is 1. The third-order valence-electron chi connectivity index (χ3n) is 4.46. The highest BCUT2D eigenvalue weighted by molar-refractivity contribution is 5.83. The van der Waals surface area contributed by atoms with E-state index in [2.05, 4.69) is 37.1 Å². The van der Waals surface area contributed by atoms with Gasteiger partial charge < -0.3 is 20.7 Å². The van der Waals surface area contributed by atoms with Gasteiger partial charge in [-0.1, -0.05) is 12.1 Å². The predicted molar refractivity (Wildman–Crippen MR) is 118 cm³/mol. The molecule has 3 N–H and O–H groups in total. The van der Waals surface area contributed by atoms with Gasteiger partial charge in [0.15, 0.2) is 5.96 Å². The van der Waals surface area contributed by atoms with Crippen LogP contribution in [0.2, 0.25) is 0 Å². The van der Waals surface area contributed by atoms with Gasteiger partial charge >= 0.3 is 0 Å². The van der Waals surface area contributed by atoms with Crippen LogP contribution < -0.4 is 15.8 Å². The van der Waals surface area contributed by atoms with E-state index < -0.39 is 0 Å². The van der Waals surface area contributed by atoms with Gasteiger partial charge in [0.2, 0.25) is 0 Å². The third-order valence-corrected chi connectivity index (χ3v) is 4.46. The van der Waals surface area contributed by atoms with Crippen molar-refractivity contribution in [3.8, 4) is 11.8 Å². The molecule has 0 saturated heterocycles. The zero-order valence-electron chi connectivity index (χ0n) is 17.6. The largest absolute Gasteiger partial charge is 0.489 e. The number of benzene rings is 2. The van der Waals surface area contributed by atoms with E-state index in [0.29, 0.717) is 24.8 Å². The second-order valence-corrected chi connectivity index (χ2v) is 6.98. The van der Waals surface area contributed by atoms with E-state index in [-0.39, 0.29) is 0 Å². The van der Waals surface area contributed by atoms with E-state index >= 15 is 0 Å². The molecular weight excluding hydrogens is 362 g/mol. The fourth-order valence-corrected chi connectivity index (χ4v) is 2.85. The fraction of sp³-hybridized carbons (Fsp3) is 0.391. The number of hydrogen-bond acceptors (Lipinski definition) is 4. The van der Waals surface area contributed by atoms with Gasteiger partial charge in [-0.2, -0.15) is 5.26 Å². The molecule has 0 aliphatic heterocycles. The molecule has 0 spiro atoms. The summed E-state index contributed by atoms with van der Waals surface area (Å²) in [5, 5.41) is 12.3. The topological polar surface area (TPSA) is 86.7 Å². The van der Waals surface area contributed by atoms with Gasteiger partial charge in [-0.15, -0.1) is 0 Å². The molecule has 0 amide bonds. The summed E-state index contributed by atoms with van der Waals surface area (Å²) < 4.78 is 5.84. The lowest BCUT2D eigenvalue weighted by atomic mass is 10.2. The molecule has 0 bridgehead atoms. The maximum atomic E-state index is 8.86. The van der Waals surface area contributed by atoms with Gasteiger partial charge in [-0.3, -0.25) is 0 Å². The molecule has 0 radical (unpaired) electrons. The normalized spacial score (nSPS) is 11.2. The van der Waals surface area contributed by atoms with Crippen LogP contribution in [0.5, 0.6) is 5.75 Å². The van der Waals surface area contributed by atoms with Crippen LogP contribution >= 0.6 is 0 Å². The molecule has 0 aliphatic rings. The van der Waals surface area contributed by atoms with Crippen molar-refractivity contribution in [2.75, 3.05) is 19.6 Å². The molecule has 2 rings (SSSR count). The minimum Gasteiger partial charge on any atom is -0.489 e. The van der Waals surface area contributed by atoms with Crippen molar-refractivity contribution in [1.82, 2.24) is 10.2 Å². The lowest BCUT2D eigenvalue weighted by Gasteiger charge is -2.29. The molecule has 0 atom stereocenters. The van der Waals surface area contributed by atoms with Gasteiger partial charge in [0.1, 0.15) is 12.4 Å². The second kappa shape index (κ2) is 11.7. The first-order valence-corrected chi connectivity index (χ1v) is 10.1. The van der Waals surface area contributed by atoms with Crippen LogP contribution in [-0.4, -0.2) is 36.5 Å². The molecule has 2 aromatic rings. The van der Waals surface area contributed by atoms with Crippen LogP contribution in [0.25, 0.3) is 0 Å². The number of hydrogen-bond donors (Lipinski definition) is 2. The van der Waals surface area contributed by atoms with Crippen molar-refractivity contribution in [2.45, 2.75) is 39.8 Å². The first-order chi connectivity index (χ1) is 14.1. The Kier molecular flexibility index (Phi) is 9.00. The summed E-state index contributed by atoms with van der Waals surface area (Å²) in [6.07, 6.45) is 0.900. The Balaban J connectivity index is 2.05. The highest BCUT2D eigenvalue weighted by Gasteiger charge is 2.13. The molecular formula is C23H31N5O. The summed E-state index contributed by atoms with van der Waals surface area (Å²) in [6, 6.07) is 17.6. The number of nitrogens with zero attached hydrogens (tertiary/aromatic N) is 3. The monoisotopic (exact) mass is 393 g/mol. The zero-order valence-corrected chi connectivity index (χ0v) is 17.6. The smallest absolute Gasteiger partial charge is 0.199 e. The molecule has 0 aliphatic carbocycles. The van der Waals surface area contributed by atoms with Gasteiger partial charge in [0.05, 0.1) is 17.3 Å². The average molecular weight is 394 g/mol. The van der Waals surface area contributed by atoms with Crippen molar-refractivity contribution >= 4 is 11.6 Å². The molecule has 2 aromatic carbocycles. The highest BCUT2D eigenvalue weighted by Crippen LogP contribution is 2.20. The van der Waals surface area contributed by atoms with Crippen LogP contribution in [-0.2, 0) is 6.61 Å². The molecule has 0 saturated carbocycles. The number of guanidine groups is 1. The zero-order chi connectivity index (χ0) is 21.1. The molecule has 6 heteroatoms. The standard InChI is InChI=1S/C23H31N5O/c1-4-28(18(2)3)23(26-15-5-14-24)27-21-10-12-22(13-11-21)29-17-20-8-6-19(16-25)7-9-20/h6-13,18H,4-5,14-15,17,24H2,1-3H3,(H,26,27). The SMILES string of the molecule is CCN(/C(=N\c1ccc(OCc2ccc(C#N)cc2)cc1)NCCCN)C(C)C. The summed E-state index contributed by atoms with van der Waals surface area (Å²) in [4.78, 5) is 7.03. The molecule has 0 aromatic heterocycles. The summed E-state index contributed by atoms with van der Waals surface area (Å²) in [7, 11) is 0. The highest BCUT2D eigenvalue weighted by atomic mass is 16.5. The fourth-order valence-electron chi connectivity index (χ4n) is 2.85. The summed E-state index contributed by atoms with van der Waals surface area (Å²) in [5.41, 5.74) is 8.15. The Morgan fingerprint density at radius 2 is 1.86 bits per heavy atom. The summed E-state index contributed by atoms with van der Waals surface area (Å²) in [6.45, 7) is 9.21. The van der Waals surface area contributed by atoms with Gasteiger partial charge in [-0.05, 0) is 75.7 Å². The molecule has 0 fully saturated rings. The van der Waals surface area contributed by atoms with E-state index in [1.807, 2.05) is 36.4 Å². The Bertz CT molecular complexity index is 807. The molecule has 154 valence electrons. The Morgan fingerprint density at radius 1 is 1.17 bits per heavy atom. The van der Waals surface area contributed by atoms with Crippen LogP contribution in [0.1, 0.15) is 38.3 Å². The quantitative estimate of drug-likeness (QED) is 0.384. The minimum absolute atomic E-state index is 0.346. The minimum atomic E-state index is 0.346. The first-order valence-electron chi connectivity index (χ1n) is 10.1. The van der Waals surface area contributed by atoms with Gasteiger partial charge in [0, 0.05) is 19.1 Å². The Labute approximate surface area is 174 Å². The maximum absolute atomic E-state index is 8.86. The lowest BCUT2D eigenvalue weighted by Crippen LogP contribution is -2.45. The van der Waals surface area contributed by atoms with E-state index in [1.165, 1.54) is 0 Å². The van der Waals surface area contributed by atoms with Crippen LogP contribution in [0.4, 0.5) is 5.69 Å². The summed E-state index contributed by atoms with van der Waals surface area (Å²) in [5.74, 6) is 1.64. The third kappa shape index (κ3) is 7.13. The van der Waals surface area contributed by atoms with E-state index in [0.717, 1.165) is 42.5 Å². The van der Waals surface area contributed by atoms with Gasteiger partial charge in [-0.25, -0.2) is 4.99 Å². The predicted octanol–water partition coefficient (Wildman–Crippen LogP) is 3.79. The van der Waals surface area contributed by atoms with Crippen molar-refractivity contribution in [2.24, 2.45) is 10.7 Å². The van der Waals surface area contributed by atoms with Gasteiger partial charge in [0.25, 0.3) is 0 Å². The number of nitriles is 1. The number of aliphatic imine (C=N–C) groups is 1. The number of ether oxygens (including phenoxy) is 1. The molecule has 0 unspecified atom stereocenters. The van der Waals surface area contributed by atoms with Crippen LogP contribution in [0, 0.1) is 11.3 Å². The summed E-state index contributed by atoms with van der Waals surface area (Å²) >= 11 is 0. The lowest BCUT2D eigenvalue weighted by molar-refractivity contribution is 0.306. The van der Waals surface area contributed by atoms with Crippen LogP contribution in [0.15, 0.2) is 53.5 Å². The average Bonchev–Trinajstić information content (AvgIpc) is 2.74. The first kappa shape index (κ1) is 22.3. The Morgan fingerprint density at radius 3 is 2.41 bits per heavy atom. The van der Waals surface area contributed by atoms with E-state index in [4.69, 9.17) is 20.7 Å². The van der Waals surface area contributed by atoms with Crippen molar-refractivity contribution in [1.29, 1.82) is 5.26 Å². The van der Waals surface area contributed by atoms with E-state index in [9.17, 15) is 0 Å². The number of nitrogens with one attached hydrogen (secondary N) is 1. The van der Waals surface area contributed by atoms with Crippen molar-refractivity contribution < 1.29 is 4.74 Å². The van der Waals surface area contributed by atoms with Crippen molar-refractivity contribution in [3.63, 3.8) is 0 Å². The maximum Gasteiger partial charge on any atom is 0.199 e. The second-order valence-electron chi connectivity index (χ2n) is 6.98. The molecule has 6 nitrogen and oxygen atoms in total. The molecule has 0 heterocycles. The van der Waals surface area contributed by atoms with E-state index in [1.54, 1.807) is 12.1 Å².